The number of rotatable bonds is 6. The van der Waals surface area contributed by atoms with Crippen LogP contribution in [0.5, 0.6) is 5.75 Å². The molecule has 0 aliphatic rings. The molecule has 0 aliphatic heterocycles. The monoisotopic (exact) mass is 277 g/mol. The van der Waals surface area contributed by atoms with Crippen molar-refractivity contribution < 1.29 is 22.6 Å². The van der Waals surface area contributed by atoms with Crippen molar-refractivity contribution in [2.45, 2.75) is 32.7 Å². The number of hydrogen-bond acceptors (Lipinski definition) is 3. The van der Waals surface area contributed by atoms with Crippen LogP contribution in [0.2, 0.25) is 0 Å². The zero-order valence-electron chi connectivity index (χ0n) is 11.0. The first kappa shape index (κ1) is 15.8. The molecule has 2 N–H and O–H groups in total. The number of halogens is 3. The van der Waals surface area contributed by atoms with Gasteiger partial charge in [-0.05, 0) is 32.0 Å². The number of benzene rings is 1. The van der Waals surface area contributed by atoms with Gasteiger partial charge < -0.3 is 15.2 Å². The molecule has 1 unspecified atom stereocenters. The van der Waals surface area contributed by atoms with Gasteiger partial charge in [-0.3, -0.25) is 0 Å². The van der Waals surface area contributed by atoms with Crippen LogP contribution >= 0.6 is 0 Å². The minimum absolute atomic E-state index is 0.0133. The average molecular weight is 277 g/mol. The standard InChI is InChI=1S/C13H18F3NO2/c1-3-18-8-9(2)19-12-5-4-11(13(14,15)16)6-10(12)7-17/h4-6,9H,3,7-8,17H2,1-2H3. The maximum absolute atomic E-state index is 12.6. The molecule has 0 spiro atoms. The van der Waals surface area contributed by atoms with Crippen molar-refractivity contribution in [2.75, 3.05) is 13.2 Å². The predicted molar refractivity (Wildman–Crippen MR) is 65.9 cm³/mol. The van der Waals surface area contributed by atoms with E-state index >= 15 is 0 Å². The fourth-order valence-corrected chi connectivity index (χ4v) is 1.56. The average Bonchev–Trinajstić information content (AvgIpc) is 2.35. The first-order chi connectivity index (χ1) is 8.88. The maximum atomic E-state index is 12.6. The van der Waals surface area contributed by atoms with E-state index in [0.717, 1.165) is 12.1 Å². The molecule has 0 radical (unpaired) electrons. The largest absolute Gasteiger partial charge is 0.488 e. The van der Waals surface area contributed by atoms with Gasteiger partial charge in [-0.25, -0.2) is 0 Å². The van der Waals surface area contributed by atoms with Crippen LogP contribution in [0.3, 0.4) is 0 Å². The highest BCUT2D eigenvalue weighted by Crippen LogP contribution is 2.32. The smallest absolute Gasteiger partial charge is 0.416 e. The molecule has 0 bridgehead atoms. The Bertz CT molecular complexity index is 407. The minimum Gasteiger partial charge on any atom is -0.488 e. The van der Waals surface area contributed by atoms with Crippen molar-refractivity contribution in [3.05, 3.63) is 29.3 Å². The second-order valence-electron chi connectivity index (χ2n) is 4.11. The van der Waals surface area contributed by atoms with Crippen LogP contribution in [0, 0.1) is 0 Å². The fraction of sp³-hybridized carbons (Fsp3) is 0.538. The van der Waals surface area contributed by atoms with E-state index in [2.05, 4.69) is 0 Å². The summed E-state index contributed by atoms with van der Waals surface area (Å²) in [6.07, 6.45) is -4.62. The Kier molecular flexibility index (Phi) is 5.62. The Labute approximate surface area is 110 Å². The van der Waals surface area contributed by atoms with Gasteiger partial charge in [0.15, 0.2) is 0 Å². The molecule has 0 saturated heterocycles. The summed E-state index contributed by atoms with van der Waals surface area (Å²) in [5.74, 6) is 0.364. The summed E-state index contributed by atoms with van der Waals surface area (Å²) in [6.45, 7) is 4.57. The predicted octanol–water partition coefficient (Wildman–Crippen LogP) is 2.97. The molecule has 1 aromatic carbocycles. The van der Waals surface area contributed by atoms with Gasteiger partial charge in [-0.15, -0.1) is 0 Å². The molecular weight excluding hydrogens is 259 g/mol. The highest BCUT2D eigenvalue weighted by molar-refractivity contribution is 5.38. The molecule has 108 valence electrons. The van der Waals surface area contributed by atoms with E-state index in [-0.39, 0.29) is 12.6 Å². The SMILES string of the molecule is CCOCC(C)Oc1ccc(C(F)(F)F)cc1CN. The quantitative estimate of drug-likeness (QED) is 0.869. The van der Waals surface area contributed by atoms with E-state index in [4.69, 9.17) is 15.2 Å². The number of nitrogens with two attached hydrogens (primary N) is 1. The number of hydrogen-bond donors (Lipinski definition) is 1. The summed E-state index contributed by atoms with van der Waals surface area (Å²) in [7, 11) is 0. The molecule has 0 fully saturated rings. The lowest BCUT2D eigenvalue weighted by Crippen LogP contribution is -2.20. The van der Waals surface area contributed by atoms with E-state index in [1.807, 2.05) is 6.92 Å². The molecule has 0 aliphatic carbocycles. The third-order valence-electron chi connectivity index (χ3n) is 2.49. The van der Waals surface area contributed by atoms with Crippen molar-refractivity contribution >= 4 is 0 Å². The highest BCUT2D eigenvalue weighted by atomic mass is 19.4. The second-order valence-corrected chi connectivity index (χ2v) is 4.11. The van der Waals surface area contributed by atoms with Crippen LogP contribution in [0.15, 0.2) is 18.2 Å². The van der Waals surface area contributed by atoms with E-state index in [9.17, 15) is 13.2 Å². The van der Waals surface area contributed by atoms with E-state index in [1.165, 1.54) is 6.07 Å². The normalized spacial score (nSPS) is 13.4. The van der Waals surface area contributed by atoms with Gasteiger partial charge in [-0.1, -0.05) is 0 Å². The lowest BCUT2D eigenvalue weighted by atomic mass is 10.1. The summed E-state index contributed by atoms with van der Waals surface area (Å²) in [6, 6.07) is 3.30. The summed E-state index contributed by atoms with van der Waals surface area (Å²) in [4.78, 5) is 0. The zero-order chi connectivity index (χ0) is 14.5. The highest BCUT2D eigenvalue weighted by Gasteiger charge is 2.31. The van der Waals surface area contributed by atoms with Crippen LogP contribution in [0.25, 0.3) is 0 Å². The Balaban J connectivity index is 2.84. The molecule has 1 aromatic rings. The first-order valence-corrected chi connectivity index (χ1v) is 6.03. The molecule has 6 heteroatoms. The summed E-state index contributed by atoms with van der Waals surface area (Å²) in [5.41, 5.74) is 5.07. The van der Waals surface area contributed by atoms with Crippen LogP contribution < -0.4 is 10.5 Å². The Morgan fingerprint density at radius 2 is 2.00 bits per heavy atom. The summed E-state index contributed by atoms with van der Waals surface area (Å²) in [5, 5.41) is 0. The van der Waals surface area contributed by atoms with Crippen LogP contribution in [0.4, 0.5) is 13.2 Å². The molecular formula is C13H18F3NO2. The van der Waals surface area contributed by atoms with Gasteiger partial charge in [0, 0.05) is 18.7 Å². The lowest BCUT2D eigenvalue weighted by molar-refractivity contribution is -0.137. The molecule has 3 nitrogen and oxygen atoms in total. The van der Waals surface area contributed by atoms with Gasteiger partial charge in [0.2, 0.25) is 0 Å². The van der Waals surface area contributed by atoms with Crippen LogP contribution in [0.1, 0.15) is 25.0 Å². The molecule has 0 heterocycles. The Morgan fingerprint density at radius 3 is 2.53 bits per heavy atom. The summed E-state index contributed by atoms with van der Waals surface area (Å²) < 4.78 is 48.4. The van der Waals surface area contributed by atoms with Gasteiger partial charge in [0.1, 0.15) is 11.9 Å². The van der Waals surface area contributed by atoms with Crippen molar-refractivity contribution in [1.82, 2.24) is 0 Å². The van der Waals surface area contributed by atoms with Crippen molar-refractivity contribution in [3.8, 4) is 5.75 Å². The second kappa shape index (κ2) is 6.77. The van der Waals surface area contributed by atoms with Crippen molar-refractivity contribution in [2.24, 2.45) is 5.73 Å². The molecule has 0 saturated carbocycles. The maximum Gasteiger partial charge on any atom is 0.416 e. The fourth-order valence-electron chi connectivity index (χ4n) is 1.56. The minimum atomic E-state index is -4.38. The summed E-state index contributed by atoms with van der Waals surface area (Å²) >= 11 is 0. The number of ether oxygens (including phenoxy) is 2. The van der Waals surface area contributed by atoms with E-state index in [1.54, 1.807) is 6.92 Å². The van der Waals surface area contributed by atoms with Gasteiger partial charge >= 0.3 is 6.18 Å². The molecule has 19 heavy (non-hydrogen) atoms. The molecule has 0 amide bonds. The zero-order valence-corrected chi connectivity index (χ0v) is 11.0. The van der Waals surface area contributed by atoms with Crippen LogP contribution in [-0.4, -0.2) is 19.3 Å². The van der Waals surface area contributed by atoms with Gasteiger partial charge in [0.25, 0.3) is 0 Å². The van der Waals surface area contributed by atoms with E-state index < -0.39 is 11.7 Å². The van der Waals surface area contributed by atoms with Crippen molar-refractivity contribution in [3.63, 3.8) is 0 Å². The van der Waals surface area contributed by atoms with E-state index in [0.29, 0.717) is 24.5 Å². The van der Waals surface area contributed by atoms with Gasteiger partial charge in [0.05, 0.1) is 12.2 Å². The third kappa shape index (κ3) is 4.72. The Morgan fingerprint density at radius 1 is 1.32 bits per heavy atom. The molecule has 1 rings (SSSR count). The topological polar surface area (TPSA) is 44.5 Å². The molecule has 0 aromatic heterocycles. The lowest BCUT2D eigenvalue weighted by Gasteiger charge is -2.18. The van der Waals surface area contributed by atoms with Crippen LogP contribution in [-0.2, 0) is 17.5 Å². The number of alkyl halides is 3. The molecule has 1 atom stereocenters. The first-order valence-electron chi connectivity index (χ1n) is 6.03. The Hall–Kier alpha value is -1.27. The van der Waals surface area contributed by atoms with Crippen molar-refractivity contribution in [1.29, 1.82) is 0 Å². The van der Waals surface area contributed by atoms with Gasteiger partial charge in [-0.2, -0.15) is 13.2 Å². The third-order valence-corrected chi connectivity index (χ3v) is 2.49.